The molecule has 0 saturated heterocycles. The van der Waals surface area contributed by atoms with Crippen molar-refractivity contribution in [2.24, 2.45) is 5.10 Å². The van der Waals surface area contributed by atoms with Crippen molar-refractivity contribution in [2.75, 3.05) is 5.32 Å². The zero-order chi connectivity index (χ0) is 23.7. The summed E-state index contributed by atoms with van der Waals surface area (Å²) in [7, 11) is 0. The summed E-state index contributed by atoms with van der Waals surface area (Å²) in [5.74, 6) is -0.948. The number of alkyl halides is 3. The number of rotatable bonds is 8. The van der Waals surface area contributed by atoms with Crippen molar-refractivity contribution in [3.05, 3.63) is 41.6 Å². The molecule has 0 heterocycles. The molecule has 1 aromatic carbocycles. The van der Waals surface area contributed by atoms with Gasteiger partial charge in [-0.1, -0.05) is 19.1 Å². The molecule has 0 radical (unpaired) electrons. The fourth-order valence-corrected chi connectivity index (χ4v) is 2.04. The normalized spacial score (nSPS) is 12.4. The second-order valence-electron chi connectivity index (χ2n) is 7.31. The number of amides is 2. The molecule has 1 rings (SSSR count). The lowest BCUT2D eigenvalue weighted by Crippen LogP contribution is -2.32. The number of benzene rings is 1. The minimum Gasteiger partial charge on any atom is -0.444 e. The maximum atomic E-state index is 12.8. The first kappa shape index (κ1) is 25.7. The Morgan fingerprint density at radius 3 is 2.48 bits per heavy atom. The topological polar surface area (TPSA) is 116 Å². The van der Waals surface area contributed by atoms with Crippen LogP contribution in [0.3, 0.4) is 0 Å². The molecule has 31 heavy (non-hydrogen) atoms. The highest BCUT2D eigenvalue weighted by Crippen LogP contribution is 2.19. The van der Waals surface area contributed by atoms with Crippen molar-refractivity contribution < 1.29 is 27.5 Å². The number of allylic oxidation sites excluding steroid dienone is 1. The molecule has 0 spiro atoms. The van der Waals surface area contributed by atoms with Gasteiger partial charge in [-0.05, 0) is 51.0 Å². The quantitative estimate of drug-likeness (QED) is 0.276. The third kappa shape index (κ3) is 10.3. The first-order valence-electron chi connectivity index (χ1n) is 9.34. The molecule has 0 fully saturated rings. The Bertz CT molecular complexity index is 858. The van der Waals surface area contributed by atoms with E-state index < -0.39 is 35.2 Å². The fourth-order valence-electron chi connectivity index (χ4n) is 2.04. The van der Waals surface area contributed by atoms with Crippen molar-refractivity contribution in [2.45, 2.75) is 52.4 Å². The molecule has 11 heteroatoms. The van der Waals surface area contributed by atoms with Crippen molar-refractivity contribution in [1.82, 2.24) is 10.7 Å². The van der Waals surface area contributed by atoms with Crippen LogP contribution in [0.4, 0.5) is 23.7 Å². The molecule has 2 amide bonds. The standard InChI is InChI=1S/C20H26F3N5O3/c1-5-9-26-28-17(29)15(11-16(24)20(21,22)23)27-14-8-6-7-13(10-14)12-25-18(30)31-19(2,3)4/h6-11,24,27H,5,12H2,1-4H3,(H,25,30)(H,28,29)/b15-11-,24-16?,26-9-. The van der Waals surface area contributed by atoms with E-state index in [0.717, 1.165) is 0 Å². The SMILES string of the molecule is CC/C=N\NC(=O)/C(=C/C(=N)C(F)(F)F)Nc1cccc(CNC(=O)OC(C)(C)C)c1. The lowest BCUT2D eigenvalue weighted by atomic mass is 10.2. The predicted octanol–water partition coefficient (Wildman–Crippen LogP) is 4.10. The summed E-state index contributed by atoms with van der Waals surface area (Å²) in [5.41, 5.74) is 0.0938. The number of anilines is 1. The Labute approximate surface area is 178 Å². The molecule has 0 bridgehead atoms. The van der Waals surface area contributed by atoms with Gasteiger partial charge >= 0.3 is 12.3 Å². The van der Waals surface area contributed by atoms with Gasteiger partial charge in [0.05, 0.1) is 0 Å². The lowest BCUT2D eigenvalue weighted by Gasteiger charge is -2.19. The Hall–Kier alpha value is -3.37. The zero-order valence-corrected chi connectivity index (χ0v) is 17.7. The number of hydrogen-bond acceptors (Lipinski definition) is 6. The van der Waals surface area contributed by atoms with Gasteiger partial charge in [-0.25, -0.2) is 10.2 Å². The number of carbonyl (C=O) groups excluding carboxylic acids is 2. The van der Waals surface area contributed by atoms with Crippen LogP contribution in [0.25, 0.3) is 0 Å². The molecule has 1 aromatic rings. The molecule has 0 saturated carbocycles. The van der Waals surface area contributed by atoms with Gasteiger partial charge in [-0.2, -0.15) is 18.3 Å². The van der Waals surface area contributed by atoms with E-state index in [1.807, 2.05) is 0 Å². The van der Waals surface area contributed by atoms with Crippen molar-refractivity contribution in [3.63, 3.8) is 0 Å². The van der Waals surface area contributed by atoms with E-state index in [1.165, 1.54) is 18.3 Å². The van der Waals surface area contributed by atoms with E-state index in [4.69, 9.17) is 10.1 Å². The van der Waals surface area contributed by atoms with Gasteiger partial charge in [0, 0.05) is 18.4 Å². The molecular formula is C20H26F3N5O3. The van der Waals surface area contributed by atoms with Crippen LogP contribution in [0.1, 0.15) is 39.7 Å². The molecular weight excluding hydrogens is 415 g/mol. The first-order chi connectivity index (χ1) is 14.3. The molecule has 0 atom stereocenters. The minimum absolute atomic E-state index is 0.0921. The Kier molecular flexibility index (Phi) is 9.22. The average molecular weight is 441 g/mol. The van der Waals surface area contributed by atoms with Crippen molar-refractivity contribution in [3.8, 4) is 0 Å². The number of nitrogens with zero attached hydrogens (tertiary/aromatic N) is 1. The van der Waals surface area contributed by atoms with Gasteiger partial charge in [-0.3, -0.25) is 10.2 Å². The summed E-state index contributed by atoms with van der Waals surface area (Å²) >= 11 is 0. The number of hydrazone groups is 1. The number of ether oxygens (including phenoxy) is 1. The highest BCUT2D eigenvalue weighted by molar-refractivity contribution is 6.06. The van der Waals surface area contributed by atoms with Crippen LogP contribution in [-0.2, 0) is 16.1 Å². The smallest absolute Gasteiger partial charge is 0.432 e. The van der Waals surface area contributed by atoms with Crippen LogP contribution in [0.2, 0.25) is 0 Å². The summed E-state index contributed by atoms with van der Waals surface area (Å²) in [6.07, 6.45) is -3.29. The summed E-state index contributed by atoms with van der Waals surface area (Å²) < 4.78 is 43.4. The van der Waals surface area contributed by atoms with E-state index in [1.54, 1.807) is 39.8 Å². The summed E-state index contributed by atoms with van der Waals surface area (Å²) in [5, 5.41) is 15.9. The van der Waals surface area contributed by atoms with Gasteiger partial charge in [-0.15, -0.1) is 0 Å². The van der Waals surface area contributed by atoms with Gasteiger partial charge in [0.1, 0.15) is 17.0 Å². The third-order valence-electron chi connectivity index (χ3n) is 3.32. The molecule has 0 aliphatic heterocycles. The Morgan fingerprint density at radius 1 is 1.23 bits per heavy atom. The Morgan fingerprint density at radius 2 is 1.90 bits per heavy atom. The van der Waals surface area contributed by atoms with Gasteiger partial charge in [0.2, 0.25) is 0 Å². The maximum absolute atomic E-state index is 12.8. The summed E-state index contributed by atoms with van der Waals surface area (Å²) in [4.78, 5) is 24.0. The van der Waals surface area contributed by atoms with Gasteiger partial charge in [0.25, 0.3) is 5.91 Å². The molecule has 0 aliphatic rings. The number of halogens is 3. The molecule has 170 valence electrons. The van der Waals surface area contributed by atoms with E-state index in [-0.39, 0.29) is 12.2 Å². The van der Waals surface area contributed by atoms with Crippen LogP contribution in [0, 0.1) is 5.41 Å². The van der Waals surface area contributed by atoms with Gasteiger partial charge < -0.3 is 15.4 Å². The first-order valence-corrected chi connectivity index (χ1v) is 9.34. The van der Waals surface area contributed by atoms with E-state index >= 15 is 0 Å². The third-order valence-corrected chi connectivity index (χ3v) is 3.32. The molecule has 0 unspecified atom stereocenters. The number of carbonyl (C=O) groups is 2. The Balaban J connectivity index is 2.99. The minimum atomic E-state index is -4.92. The number of hydrogen-bond donors (Lipinski definition) is 4. The van der Waals surface area contributed by atoms with Crippen molar-refractivity contribution in [1.29, 1.82) is 5.41 Å². The summed E-state index contributed by atoms with van der Waals surface area (Å²) in [6.45, 7) is 7.02. The monoisotopic (exact) mass is 441 g/mol. The molecule has 0 aliphatic carbocycles. The van der Waals surface area contributed by atoms with Crippen LogP contribution in [-0.4, -0.2) is 35.7 Å². The molecule has 4 N–H and O–H groups in total. The van der Waals surface area contributed by atoms with Crippen molar-refractivity contribution >= 4 is 29.6 Å². The molecule has 0 aromatic heterocycles. The highest BCUT2D eigenvalue weighted by Gasteiger charge is 2.33. The fraction of sp³-hybridized carbons (Fsp3) is 0.400. The number of alkyl carbamates (subject to hydrolysis) is 1. The number of nitrogens with one attached hydrogen (secondary N) is 4. The molecule has 8 nitrogen and oxygen atoms in total. The largest absolute Gasteiger partial charge is 0.444 e. The van der Waals surface area contributed by atoms with Gasteiger partial charge in [0.15, 0.2) is 0 Å². The van der Waals surface area contributed by atoms with Crippen LogP contribution in [0.15, 0.2) is 41.1 Å². The predicted molar refractivity (Wildman–Crippen MR) is 112 cm³/mol. The second kappa shape index (κ2) is 11.1. The highest BCUT2D eigenvalue weighted by atomic mass is 19.4. The van der Waals surface area contributed by atoms with E-state index in [2.05, 4.69) is 21.2 Å². The second-order valence-corrected chi connectivity index (χ2v) is 7.31. The lowest BCUT2D eigenvalue weighted by molar-refractivity contribution is -0.117. The average Bonchev–Trinajstić information content (AvgIpc) is 2.64. The van der Waals surface area contributed by atoms with E-state index in [0.29, 0.717) is 18.1 Å². The van der Waals surface area contributed by atoms with Crippen LogP contribution < -0.4 is 16.1 Å². The van der Waals surface area contributed by atoms with E-state index in [9.17, 15) is 22.8 Å². The zero-order valence-electron chi connectivity index (χ0n) is 17.7. The summed E-state index contributed by atoms with van der Waals surface area (Å²) in [6, 6.07) is 6.32. The maximum Gasteiger partial charge on any atom is 0.432 e. The van der Waals surface area contributed by atoms with Crippen LogP contribution >= 0.6 is 0 Å². The van der Waals surface area contributed by atoms with Crippen LogP contribution in [0.5, 0.6) is 0 Å².